The van der Waals surface area contributed by atoms with Crippen molar-refractivity contribution < 1.29 is 9.00 Å². The van der Waals surface area contributed by atoms with Gasteiger partial charge in [-0.1, -0.05) is 0 Å². The quantitative estimate of drug-likeness (QED) is 0.659. The Balaban J connectivity index is 2.22. The van der Waals surface area contributed by atoms with E-state index in [1.807, 2.05) is 0 Å². The summed E-state index contributed by atoms with van der Waals surface area (Å²) in [5.41, 5.74) is 5.62. The molecule has 2 atom stereocenters. The first-order valence-corrected chi connectivity index (χ1v) is 6.15. The van der Waals surface area contributed by atoms with Crippen molar-refractivity contribution in [2.75, 3.05) is 25.1 Å². The van der Waals surface area contributed by atoms with E-state index in [4.69, 9.17) is 5.73 Å². The van der Waals surface area contributed by atoms with Crippen molar-refractivity contribution in [3.63, 3.8) is 0 Å². The lowest BCUT2D eigenvalue weighted by Gasteiger charge is -2.14. The maximum atomic E-state index is 11.2. The Kier molecular flexibility index (Phi) is 3.87. The van der Waals surface area contributed by atoms with Gasteiger partial charge in [0.2, 0.25) is 5.91 Å². The summed E-state index contributed by atoms with van der Waals surface area (Å²) in [5, 5.41) is 0. The van der Waals surface area contributed by atoms with Crippen LogP contribution in [0.3, 0.4) is 0 Å². The molecule has 13 heavy (non-hydrogen) atoms. The summed E-state index contributed by atoms with van der Waals surface area (Å²) in [6, 6.07) is -0.000348. The molecule has 0 aromatic carbocycles. The molecule has 1 heterocycles. The van der Waals surface area contributed by atoms with Crippen LogP contribution in [-0.2, 0) is 15.6 Å². The van der Waals surface area contributed by atoms with Crippen LogP contribution in [0.2, 0.25) is 0 Å². The summed E-state index contributed by atoms with van der Waals surface area (Å²) in [7, 11) is -0.755. The second-order valence-electron chi connectivity index (χ2n) is 3.43. The molecular formula is C8H16N2O2S. The summed E-state index contributed by atoms with van der Waals surface area (Å²) in [6.45, 7) is 1.36. The third-order valence-corrected chi connectivity index (χ3v) is 2.97. The highest BCUT2D eigenvalue weighted by atomic mass is 32.2. The van der Waals surface area contributed by atoms with Crippen LogP contribution in [0.5, 0.6) is 0 Å². The number of carbonyl (C=O) groups is 1. The molecule has 1 aliphatic rings. The standard InChI is InChI=1S/C8H16N2O2S/c1-13(12)4-2-3-10-6-7(9)5-8(10)11/h7H,2-6,9H2,1H3. The number of rotatable bonds is 4. The fourth-order valence-electron chi connectivity index (χ4n) is 1.48. The Labute approximate surface area is 80.9 Å². The molecule has 0 saturated carbocycles. The first-order chi connectivity index (χ1) is 6.09. The molecule has 0 aromatic heterocycles. The van der Waals surface area contributed by atoms with Crippen molar-refractivity contribution in [1.82, 2.24) is 4.90 Å². The van der Waals surface area contributed by atoms with Crippen molar-refractivity contribution in [1.29, 1.82) is 0 Å². The Bertz CT molecular complexity index is 220. The van der Waals surface area contributed by atoms with E-state index in [-0.39, 0.29) is 11.9 Å². The molecule has 0 spiro atoms. The van der Waals surface area contributed by atoms with Crippen LogP contribution in [0.25, 0.3) is 0 Å². The maximum Gasteiger partial charge on any atom is 0.224 e. The molecule has 76 valence electrons. The van der Waals surface area contributed by atoms with E-state index in [2.05, 4.69) is 0 Å². The van der Waals surface area contributed by atoms with E-state index in [1.165, 1.54) is 0 Å². The molecule has 5 heteroatoms. The van der Waals surface area contributed by atoms with Crippen LogP contribution >= 0.6 is 0 Å². The first kappa shape index (κ1) is 10.7. The van der Waals surface area contributed by atoms with Crippen LogP contribution in [0.15, 0.2) is 0 Å². The zero-order valence-corrected chi connectivity index (χ0v) is 8.68. The predicted molar refractivity (Wildman–Crippen MR) is 52.7 cm³/mol. The minimum atomic E-state index is -0.755. The van der Waals surface area contributed by atoms with Crippen LogP contribution in [0.4, 0.5) is 0 Å². The van der Waals surface area contributed by atoms with E-state index in [0.29, 0.717) is 25.3 Å². The van der Waals surface area contributed by atoms with Crippen molar-refractivity contribution in [2.45, 2.75) is 18.9 Å². The monoisotopic (exact) mass is 204 g/mol. The van der Waals surface area contributed by atoms with Crippen molar-refractivity contribution in [2.24, 2.45) is 5.73 Å². The lowest BCUT2D eigenvalue weighted by molar-refractivity contribution is -0.127. The summed E-state index contributed by atoms with van der Waals surface area (Å²) in [4.78, 5) is 13.0. The molecule has 0 radical (unpaired) electrons. The van der Waals surface area contributed by atoms with Gasteiger partial charge in [0.05, 0.1) is 0 Å². The normalized spacial score (nSPS) is 25.2. The van der Waals surface area contributed by atoms with Gasteiger partial charge in [-0.15, -0.1) is 0 Å². The number of nitrogens with zero attached hydrogens (tertiary/aromatic N) is 1. The second-order valence-corrected chi connectivity index (χ2v) is 4.99. The molecule has 1 amide bonds. The van der Waals surface area contributed by atoms with Crippen molar-refractivity contribution in [3.05, 3.63) is 0 Å². The van der Waals surface area contributed by atoms with E-state index in [9.17, 15) is 9.00 Å². The largest absolute Gasteiger partial charge is 0.341 e. The van der Waals surface area contributed by atoms with E-state index < -0.39 is 10.8 Å². The number of amides is 1. The van der Waals surface area contributed by atoms with Gasteiger partial charge in [0.15, 0.2) is 0 Å². The number of carbonyl (C=O) groups excluding carboxylic acids is 1. The fraction of sp³-hybridized carbons (Fsp3) is 0.875. The van der Waals surface area contributed by atoms with Crippen LogP contribution in [0.1, 0.15) is 12.8 Å². The molecule has 1 rings (SSSR count). The van der Waals surface area contributed by atoms with Gasteiger partial charge in [-0.25, -0.2) is 0 Å². The van der Waals surface area contributed by atoms with E-state index in [0.717, 1.165) is 6.42 Å². The molecule has 1 fully saturated rings. The minimum Gasteiger partial charge on any atom is -0.341 e. The van der Waals surface area contributed by atoms with Crippen molar-refractivity contribution >= 4 is 16.7 Å². The molecule has 0 aliphatic carbocycles. The van der Waals surface area contributed by atoms with Gasteiger partial charge in [0, 0.05) is 48.4 Å². The van der Waals surface area contributed by atoms with E-state index in [1.54, 1.807) is 11.2 Å². The molecule has 4 nitrogen and oxygen atoms in total. The first-order valence-electron chi connectivity index (χ1n) is 4.43. The number of nitrogens with two attached hydrogens (primary N) is 1. The van der Waals surface area contributed by atoms with Gasteiger partial charge in [-0.05, 0) is 6.42 Å². The third-order valence-electron chi connectivity index (χ3n) is 2.10. The van der Waals surface area contributed by atoms with E-state index >= 15 is 0 Å². The Morgan fingerprint density at radius 1 is 1.69 bits per heavy atom. The second kappa shape index (κ2) is 4.72. The highest BCUT2D eigenvalue weighted by Gasteiger charge is 2.25. The molecule has 1 saturated heterocycles. The van der Waals surface area contributed by atoms with Gasteiger partial charge >= 0.3 is 0 Å². The number of likely N-dealkylation sites (tertiary alicyclic amines) is 1. The van der Waals surface area contributed by atoms with Crippen molar-refractivity contribution in [3.8, 4) is 0 Å². The molecule has 0 aromatic rings. The topological polar surface area (TPSA) is 63.4 Å². The molecular weight excluding hydrogens is 188 g/mol. The number of hydrogen-bond acceptors (Lipinski definition) is 3. The average Bonchev–Trinajstić information content (AvgIpc) is 2.29. The number of hydrogen-bond donors (Lipinski definition) is 1. The van der Waals surface area contributed by atoms with Gasteiger partial charge in [0.1, 0.15) is 0 Å². The lowest BCUT2D eigenvalue weighted by Crippen LogP contribution is -2.29. The molecule has 2 unspecified atom stereocenters. The minimum absolute atomic E-state index is 0.000348. The van der Waals surface area contributed by atoms with Crippen LogP contribution in [0, 0.1) is 0 Å². The zero-order valence-electron chi connectivity index (χ0n) is 7.86. The van der Waals surface area contributed by atoms with Crippen LogP contribution in [-0.4, -0.2) is 46.2 Å². The van der Waals surface area contributed by atoms with Crippen LogP contribution < -0.4 is 5.73 Å². The summed E-state index contributed by atoms with van der Waals surface area (Å²) in [6.07, 6.45) is 2.95. The molecule has 1 aliphatic heterocycles. The maximum absolute atomic E-state index is 11.2. The highest BCUT2D eigenvalue weighted by Crippen LogP contribution is 2.09. The van der Waals surface area contributed by atoms with Gasteiger partial charge in [0.25, 0.3) is 0 Å². The average molecular weight is 204 g/mol. The van der Waals surface area contributed by atoms with Gasteiger partial charge < -0.3 is 10.6 Å². The Morgan fingerprint density at radius 3 is 2.85 bits per heavy atom. The summed E-state index contributed by atoms with van der Waals surface area (Å²) >= 11 is 0. The third kappa shape index (κ3) is 3.44. The lowest BCUT2D eigenvalue weighted by atomic mass is 10.3. The Hall–Kier alpha value is -0.420. The molecule has 0 bridgehead atoms. The molecule has 2 N–H and O–H groups in total. The summed E-state index contributed by atoms with van der Waals surface area (Å²) < 4.78 is 10.7. The Morgan fingerprint density at radius 2 is 2.38 bits per heavy atom. The van der Waals surface area contributed by atoms with Gasteiger partial charge in [-0.3, -0.25) is 9.00 Å². The SMILES string of the molecule is CS(=O)CCCN1CC(N)CC1=O. The highest BCUT2D eigenvalue weighted by molar-refractivity contribution is 7.84. The zero-order chi connectivity index (χ0) is 9.84. The summed E-state index contributed by atoms with van der Waals surface area (Å²) in [5.74, 6) is 0.799. The van der Waals surface area contributed by atoms with Gasteiger partial charge in [-0.2, -0.15) is 0 Å². The smallest absolute Gasteiger partial charge is 0.224 e. The predicted octanol–water partition coefficient (Wildman–Crippen LogP) is -0.685. The fourth-order valence-corrected chi connectivity index (χ4v) is 2.01.